The molecule has 0 saturated carbocycles. The van der Waals surface area contributed by atoms with E-state index in [0.717, 1.165) is 37.2 Å². The molecule has 0 aromatic heterocycles. The Hall–Kier alpha value is -2.79. The average Bonchev–Trinajstić information content (AvgIpc) is 2.99. The highest BCUT2D eigenvalue weighted by molar-refractivity contribution is 6.45. The first-order valence-corrected chi connectivity index (χ1v) is 10.7. The molecule has 4 rings (SSSR count). The summed E-state index contributed by atoms with van der Waals surface area (Å²) in [5, 5.41) is 0.597. The van der Waals surface area contributed by atoms with Gasteiger partial charge in [0.15, 0.2) is 0 Å². The predicted octanol–water partition coefficient (Wildman–Crippen LogP) is 4.42. The lowest BCUT2D eigenvalue weighted by molar-refractivity contribution is -0.120. The van der Waals surface area contributed by atoms with Crippen LogP contribution in [0.25, 0.3) is 5.57 Å². The van der Waals surface area contributed by atoms with E-state index in [2.05, 4.69) is 11.8 Å². The van der Waals surface area contributed by atoms with E-state index in [9.17, 15) is 9.59 Å². The van der Waals surface area contributed by atoms with Crippen molar-refractivity contribution in [3.63, 3.8) is 0 Å². The Morgan fingerprint density at radius 3 is 2.27 bits per heavy atom. The molecule has 5 nitrogen and oxygen atoms in total. The van der Waals surface area contributed by atoms with E-state index in [1.54, 1.807) is 12.1 Å². The lowest BCUT2D eigenvalue weighted by Crippen LogP contribution is -2.38. The number of halogens is 1. The Labute approximate surface area is 182 Å². The van der Waals surface area contributed by atoms with Crippen molar-refractivity contribution in [3.8, 4) is 0 Å². The Bertz CT molecular complexity index is 1010. The van der Waals surface area contributed by atoms with Crippen molar-refractivity contribution in [2.24, 2.45) is 5.92 Å². The van der Waals surface area contributed by atoms with Crippen LogP contribution in [0.15, 0.2) is 54.2 Å². The number of imide groups is 1. The van der Waals surface area contributed by atoms with E-state index in [-0.39, 0.29) is 11.8 Å². The van der Waals surface area contributed by atoms with E-state index < -0.39 is 0 Å². The van der Waals surface area contributed by atoms with Crippen LogP contribution in [0, 0.1) is 5.92 Å². The van der Waals surface area contributed by atoms with Gasteiger partial charge in [-0.1, -0.05) is 36.7 Å². The molecule has 0 atom stereocenters. The largest absolute Gasteiger partial charge is 0.378 e. The van der Waals surface area contributed by atoms with Crippen LogP contribution in [-0.2, 0) is 9.59 Å². The summed E-state index contributed by atoms with van der Waals surface area (Å²) in [5.74, 6) is 0.0863. The van der Waals surface area contributed by atoms with Crippen LogP contribution in [0.5, 0.6) is 0 Å². The first-order valence-electron chi connectivity index (χ1n) is 10.3. The number of anilines is 2. The molecule has 30 heavy (non-hydrogen) atoms. The van der Waals surface area contributed by atoms with Gasteiger partial charge in [-0.25, -0.2) is 4.90 Å². The maximum Gasteiger partial charge on any atom is 0.282 e. The van der Waals surface area contributed by atoms with Crippen molar-refractivity contribution in [3.05, 3.63) is 64.8 Å². The number of hydrogen-bond acceptors (Lipinski definition) is 4. The first kappa shape index (κ1) is 20.5. The van der Waals surface area contributed by atoms with Crippen LogP contribution >= 0.6 is 11.6 Å². The van der Waals surface area contributed by atoms with E-state index in [4.69, 9.17) is 11.6 Å². The fourth-order valence-corrected chi connectivity index (χ4v) is 4.19. The number of amides is 2. The molecule has 2 aromatic rings. The molecular formula is C24H26ClN3O2. The lowest BCUT2D eigenvalue weighted by atomic mass is 9.97. The highest BCUT2D eigenvalue weighted by Gasteiger charge is 2.43. The van der Waals surface area contributed by atoms with Crippen LogP contribution in [-0.4, -0.2) is 43.9 Å². The summed E-state index contributed by atoms with van der Waals surface area (Å²) >= 11 is 6.06. The fraction of sp³-hybridized carbons (Fsp3) is 0.333. The highest BCUT2D eigenvalue weighted by Crippen LogP contribution is 2.37. The minimum Gasteiger partial charge on any atom is -0.378 e. The molecule has 2 amide bonds. The third-order valence-corrected chi connectivity index (χ3v) is 6.15. The van der Waals surface area contributed by atoms with Crippen molar-refractivity contribution < 1.29 is 9.59 Å². The fourth-order valence-electron chi connectivity index (χ4n) is 4.07. The number of nitrogens with zero attached hydrogens (tertiary/aromatic N) is 3. The summed E-state index contributed by atoms with van der Waals surface area (Å²) in [6, 6.07) is 14.6. The molecule has 0 spiro atoms. The van der Waals surface area contributed by atoms with Crippen LogP contribution in [0.3, 0.4) is 0 Å². The zero-order chi connectivity index (χ0) is 21.4. The Balaban J connectivity index is 1.79. The summed E-state index contributed by atoms with van der Waals surface area (Å²) in [4.78, 5) is 32.5. The van der Waals surface area contributed by atoms with Crippen molar-refractivity contribution >= 4 is 40.4 Å². The molecule has 0 unspecified atom stereocenters. The van der Waals surface area contributed by atoms with Gasteiger partial charge in [0, 0.05) is 37.9 Å². The predicted molar refractivity (Wildman–Crippen MR) is 122 cm³/mol. The van der Waals surface area contributed by atoms with E-state index in [0.29, 0.717) is 27.9 Å². The van der Waals surface area contributed by atoms with Crippen molar-refractivity contribution in [1.29, 1.82) is 0 Å². The van der Waals surface area contributed by atoms with Crippen LogP contribution in [0.4, 0.5) is 11.4 Å². The zero-order valence-electron chi connectivity index (χ0n) is 17.6. The number of carbonyl (C=O) groups excluding carboxylic acids is 2. The minimum atomic E-state index is -0.285. The first-order chi connectivity index (χ1) is 14.4. The zero-order valence-corrected chi connectivity index (χ0v) is 18.3. The molecule has 1 saturated heterocycles. The van der Waals surface area contributed by atoms with Gasteiger partial charge in [0.2, 0.25) is 0 Å². The summed E-state index contributed by atoms with van der Waals surface area (Å²) in [5.41, 5.74) is 3.20. The SMILES string of the molecule is CC1CCN(C2=C(c3ccc(Cl)cc3)C(=O)N(c3cccc(N(C)C)c3)C2=O)CC1. The standard InChI is InChI=1S/C24H26ClN3O2/c1-16-11-13-27(14-12-16)22-21(17-7-9-18(25)10-8-17)23(29)28(24(22)30)20-6-4-5-19(15-20)26(2)3/h4-10,15-16H,11-14H2,1-3H3. The number of piperidine rings is 1. The molecule has 156 valence electrons. The normalized spacial score (nSPS) is 17.9. The maximum absolute atomic E-state index is 13.6. The summed E-state index contributed by atoms with van der Waals surface area (Å²) in [6.45, 7) is 3.78. The Kier molecular flexibility index (Phi) is 5.56. The van der Waals surface area contributed by atoms with Crippen molar-refractivity contribution in [1.82, 2.24) is 4.90 Å². The minimum absolute atomic E-state index is 0.254. The second-order valence-corrected chi connectivity index (χ2v) is 8.70. The van der Waals surface area contributed by atoms with Gasteiger partial charge < -0.3 is 9.80 Å². The number of carbonyl (C=O) groups is 2. The molecule has 2 aromatic carbocycles. The van der Waals surface area contributed by atoms with Crippen LogP contribution in [0.2, 0.25) is 5.02 Å². The summed E-state index contributed by atoms with van der Waals surface area (Å²) < 4.78 is 0. The summed E-state index contributed by atoms with van der Waals surface area (Å²) in [7, 11) is 3.87. The molecule has 0 bridgehead atoms. The topological polar surface area (TPSA) is 43.9 Å². The van der Waals surface area contributed by atoms with Gasteiger partial charge in [-0.15, -0.1) is 0 Å². The molecule has 0 N–H and O–H groups in total. The van der Waals surface area contributed by atoms with E-state index in [1.165, 1.54) is 4.90 Å². The number of hydrogen-bond donors (Lipinski definition) is 0. The maximum atomic E-state index is 13.6. The van der Waals surface area contributed by atoms with Gasteiger partial charge in [-0.2, -0.15) is 0 Å². The molecule has 2 aliphatic rings. The average molecular weight is 424 g/mol. The number of benzene rings is 2. The molecular weight excluding hydrogens is 398 g/mol. The van der Waals surface area contributed by atoms with E-state index >= 15 is 0 Å². The monoisotopic (exact) mass is 423 g/mol. The van der Waals surface area contributed by atoms with Gasteiger partial charge in [-0.3, -0.25) is 9.59 Å². The Morgan fingerprint density at radius 1 is 0.967 bits per heavy atom. The molecule has 0 aliphatic carbocycles. The van der Waals surface area contributed by atoms with Gasteiger partial charge >= 0.3 is 0 Å². The molecule has 0 radical (unpaired) electrons. The highest BCUT2D eigenvalue weighted by atomic mass is 35.5. The van der Waals surface area contributed by atoms with Crippen LogP contribution < -0.4 is 9.80 Å². The van der Waals surface area contributed by atoms with Gasteiger partial charge in [0.05, 0.1) is 11.3 Å². The van der Waals surface area contributed by atoms with Crippen molar-refractivity contribution in [2.45, 2.75) is 19.8 Å². The third-order valence-electron chi connectivity index (χ3n) is 5.90. The Morgan fingerprint density at radius 2 is 1.63 bits per heavy atom. The molecule has 1 fully saturated rings. The quantitative estimate of drug-likeness (QED) is 0.683. The second kappa shape index (κ2) is 8.15. The smallest absolute Gasteiger partial charge is 0.282 e. The molecule has 2 aliphatic heterocycles. The van der Waals surface area contributed by atoms with Crippen molar-refractivity contribution in [2.75, 3.05) is 37.0 Å². The number of rotatable bonds is 4. The lowest BCUT2D eigenvalue weighted by Gasteiger charge is -2.32. The van der Waals surface area contributed by atoms with Gasteiger partial charge in [-0.05, 0) is 54.7 Å². The van der Waals surface area contributed by atoms with Crippen LogP contribution in [0.1, 0.15) is 25.3 Å². The number of likely N-dealkylation sites (tertiary alicyclic amines) is 1. The van der Waals surface area contributed by atoms with Gasteiger partial charge in [0.1, 0.15) is 5.70 Å². The second-order valence-electron chi connectivity index (χ2n) is 8.26. The van der Waals surface area contributed by atoms with Gasteiger partial charge in [0.25, 0.3) is 11.8 Å². The molecule has 6 heteroatoms. The summed E-state index contributed by atoms with van der Waals surface area (Å²) in [6.07, 6.45) is 2.02. The third kappa shape index (κ3) is 3.70. The van der Waals surface area contributed by atoms with E-state index in [1.807, 2.05) is 55.4 Å². The molecule has 2 heterocycles.